The maximum atomic E-state index is 13.4. The summed E-state index contributed by atoms with van der Waals surface area (Å²) in [4.78, 5) is 40.3. The molecule has 1 saturated heterocycles. The topological polar surface area (TPSA) is 77.8 Å². The number of esters is 1. The van der Waals surface area contributed by atoms with Crippen LogP contribution in [-0.4, -0.2) is 54.8 Å². The summed E-state index contributed by atoms with van der Waals surface area (Å²) in [5.41, 5.74) is 3.71. The number of ether oxygens (including phenoxy) is 2. The van der Waals surface area contributed by atoms with Gasteiger partial charge in [-0.05, 0) is 55.0 Å². The minimum Gasteiger partial charge on any atom is -0.469 e. The first-order valence-corrected chi connectivity index (χ1v) is 10.3. The van der Waals surface area contributed by atoms with E-state index < -0.39 is 11.9 Å². The minimum absolute atomic E-state index is 0.138. The number of carbonyl (C=O) groups is 2. The smallest absolute Gasteiger partial charge is 0.312 e. The quantitative estimate of drug-likeness (QED) is 0.723. The number of aryl methyl sites for hydroxylation is 2. The number of fused-ring (bicyclic) bond motifs is 1. The molecule has 1 aromatic heterocycles. The molecule has 4 rings (SSSR count). The van der Waals surface area contributed by atoms with E-state index >= 15 is 0 Å². The predicted molar refractivity (Wildman–Crippen MR) is 111 cm³/mol. The molecule has 1 atom stereocenters. The summed E-state index contributed by atoms with van der Waals surface area (Å²) in [6, 6.07) is 7.79. The first-order chi connectivity index (χ1) is 14.5. The summed E-state index contributed by atoms with van der Waals surface area (Å²) in [6.07, 6.45) is 4.75. The fraction of sp³-hybridized carbons (Fsp3) is 0.435. The Hall–Kier alpha value is -2.93. The van der Waals surface area contributed by atoms with Crippen molar-refractivity contribution < 1.29 is 19.1 Å². The van der Waals surface area contributed by atoms with Crippen LogP contribution in [0.15, 0.2) is 35.3 Å². The Bertz CT molecular complexity index is 1040. The predicted octanol–water partition coefficient (Wildman–Crippen LogP) is 1.90. The van der Waals surface area contributed by atoms with E-state index in [0.29, 0.717) is 18.7 Å². The summed E-state index contributed by atoms with van der Waals surface area (Å²) in [5.74, 6) is -1.36. The van der Waals surface area contributed by atoms with Crippen molar-refractivity contribution in [2.75, 3.05) is 33.4 Å². The second-order valence-corrected chi connectivity index (χ2v) is 7.86. The van der Waals surface area contributed by atoms with E-state index in [1.165, 1.54) is 23.1 Å². The van der Waals surface area contributed by atoms with E-state index in [2.05, 4.69) is 6.07 Å². The van der Waals surface area contributed by atoms with Gasteiger partial charge in [0.25, 0.3) is 11.5 Å². The third kappa shape index (κ3) is 3.65. The molecular weight excluding hydrogens is 384 g/mol. The number of methoxy groups -OCH3 is 1. The van der Waals surface area contributed by atoms with E-state index in [4.69, 9.17) is 9.47 Å². The van der Waals surface area contributed by atoms with Gasteiger partial charge in [-0.2, -0.15) is 0 Å². The SMILES string of the molecule is COC(=O)C1COCCN(C(=O)c2c(C)ccn(-c3cccc4c3CCC4)c2=O)C1. The number of benzene rings is 1. The van der Waals surface area contributed by atoms with Crippen LogP contribution in [0.3, 0.4) is 0 Å². The number of nitrogens with zero attached hydrogens (tertiary/aromatic N) is 2. The van der Waals surface area contributed by atoms with Crippen molar-refractivity contribution in [3.8, 4) is 5.69 Å². The van der Waals surface area contributed by atoms with Crippen molar-refractivity contribution >= 4 is 11.9 Å². The molecular formula is C23H26N2O5. The standard InChI is InChI=1S/C23H26N2O5/c1-15-9-10-25(19-8-4-6-16-5-3-7-18(16)19)22(27)20(15)21(26)24-11-12-30-14-17(13-24)23(28)29-2/h4,6,8-10,17H,3,5,7,11-14H2,1-2H3. The van der Waals surface area contributed by atoms with Gasteiger partial charge in [0.15, 0.2) is 0 Å². The average molecular weight is 410 g/mol. The molecule has 7 heteroatoms. The van der Waals surface area contributed by atoms with E-state index in [0.717, 1.165) is 24.9 Å². The minimum atomic E-state index is -0.565. The Kier molecular flexibility index (Phi) is 5.72. The van der Waals surface area contributed by atoms with Crippen molar-refractivity contribution in [2.24, 2.45) is 5.92 Å². The Balaban J connectivity index is 1.72. The molecule has 1 amide bonds. The molecule has 0 N–H and O–H groups in total. The fourth-order valence-corrected chi connectivity index (χ4v) is 4.36. The third-order valence-electron chi connectivity index (χ3n) is 5.98. The summed E-state index contributed by atoms with van der Waals surface area (Å²) in [7, 11) is 1.32. The molecule has 2 aliphatic rings. The first kappa shape index (κ1) is 20.3. The fourth-order valence-electron chi connectivity index (χ4n) is 4.36. The van der Waals surface area contributed by atoms with Crippen molar-refractivity contribution in [3.05, 3.63) is 63.1 Å². The number of amides is 1. The zero-order valence-electron chi connectivity index (χ0n) is 17.3. The molecule has 2 aromatic rings. The summed E-state index contributed by atoms with van der Waals surface area (Å²) < 4.78 is 11.9. The highest BCUT2D eigenvalue weighted by molar-refractivity contribution is 5.95. The lowest BCUT2D eigenvalue weighted by Gasteiger charge is -2.23. The van der Waals surface area contributed by atoms with Crippen LogP contribution in [0.5, 0.6) is 0 Å². The molecule has 0 bridgehead atoms. The highest BCUT2D eigenvalue weighted by Crippen LogP contribution is 2.27. The van der Waals surface area contributed by atoms with Crippen LogP contribution >= 0.6 is 0 Å². The van der Waals surface area contributed by atoms with Gasteiger partial charge in [-0.15, -0.1) is 0 Å². The molecule has 2 heterocycles. The molecule has 1 aliphatic carbocycles. The number of aromatic nitrogens is 1. The zero-order chi connectivity index (χ0) is 21.3. The zero-order valence-corrected chi connectivity index (χ0v) is 17.3. The molecule has 1 aliphatic heterocycles. The lowest BCUT2D eigenvalue weighted by Crippen LogP contribution is -2.41. The van der Waals surface area contributed by atoms with Crippen molar-refractivity contribution in [2.45, 2.75) is 26.2 Å². The van der Waals surface area contributed by atoms with E-state index in [-0.39, 0.29) is 30.2 Å². The van der Waals surface area contributed by atoms with Gasteiger partial charge in [-0.3, -0.25) is 19.0 Å². The summed E-state index contributed by atoms with van der Waals surface area (Å²) >= 11 is 0. The number of rotatable bonds is 3. The monoisotopic (exact) mass is 410 g/mol. The third-order valence-corrected chi connectivity index (χ3v) is 5.98. The molecule has 0 radical (unpaired) electrons. The summed E-state index contributed by atoms with van der Waals surface area (Å²) in [5, 5.41) is 0. The van der Waals surface area contributed by atoms with Crippen LogP contribution in [0.2, 0.25) is 0 Å². The molecule has 158 valence electrons. The van der Waals surface area contributed by atoms with Crippen molar-refractivity contribution in [1.29, 1.82) is 0 Å². The Morgan fingerprint density at radius 1 is 1.20 bits per heavy atom. The van der Waals surface area contributed by atoms with E-state index in [1.807, 2.05) is 12.1 Å². The average Bonchev–Trinajstić information content (AvgIpc) is 3.09. The highest BCUT2D eigenvalue weighted by Gasteiger charge is 2.31. The largest absolute Gasteiger partial charge is 0.469 e. The molecule has 1 unspecified atom stereocenters. The molecule has 0 saturated carbocycles. The van der Waals surface area contributed by atoms with Crippen LogP contribution in [0.4, 0.5) is 0 Å². The molecule has 0 spiro atoms. The van der Waals surface area contributed by atoms with Gasteiger partial charge < -0.3 is 14.4 Å². The van der Waals surface area contributed by atoms with Crippen LogP contribution in [0.1, 0.15) is 33.5 Å². The second-order valence-electron chi connectivity index (χ2n) is 7.86. The van der Waals surface area contributed by atoms with Crippen LogP contribution in [0, 0.1) is 12.8 Å². The van der Waals surface area contributed by atoms with Crippen molar-refractivity contribution in [1.82, 2.24) is 9.47 Å². The van der Waals surface area contributed by atoms with Crippen LogP contribution in [-0.2, 0) is 27.1 Å². The maximum absolute atomic E-state index is 13.4. The molecule has 1 aromatic carbocycles. The number of carbonyl (C=O) groups excluding carboxylic acids is 2. The lowest BCUT2D eigenvalue weighted by molar-refractivity contribution is -0.147. The highest BCUT2D eigenvalue weighted by atomic mass is 16.5. The van der Waals surface area contributed by atoms with E-state index in [9.17, 15) is 14.4 Å². The Morgan fingerprint density at radius 2 is 2.03 bits per heavy atom. The number of pyridine rings is 1. The van der Waals surface area contributed by atoms with Crippen LogP contribution < -0.4 is 5.56 Å². The van der Waals surface area contributed by atoms with Gasteiger partial charge in [-0.1, -0.05) is 12.1 Å². The van der Waals surface area contributed by atoms with Gasteiger partial charge >= 0.3 is 5.97 Å². The van der Waals surface area contributed by atoms with Gasteiger partial charge in [-0.25, -0.2) is 0 Å². The lowest BCUT2D eigenvalue weighted by atomic mass is 10.1. The maximum Gasteiger partial charge on any atom is 0.312 e. The Morgan fingerprint density at radius 3 is 2.83 bits per heavy atom. The second kappa shape index (κ2) is 8.44. The van der Waals surface area contributed by atoms with E-state index in [1.54, 1.807) is 23.8 Å². The summed E-state index contributed by atoms with van der Waals surface area (Å²) in [6.45, 7) is 2.76. The van der Waals surface area contributed by atoms with Crippen molar-refractivity contribution in [3.63, 3.8) is 0 Å². The molecule has 30 heavy (non-hydrogen) atoms. The van der Waals surface area contributed by atoms with Crippen LogP contribution in [0.25, 0.3) is 5.69 Å². The number of hydrogen-bond acceptors (Lipinski definition) is 5. The normalized spacial score (nSPS) is 18.6. The first-order valence-electron chi connectivity index (χ1n) is 10.3. The van der Waals surface area contributed by atoms with Gasteiger partial charge in [0.05, 0.1) is 31.9 Å². The number of hydrogen-bond donors (Lipinski definition) is 0. The Labute approximate surface area is 175 Å². The molecule has 1 fully saturated rings. The van der Waals surface area contributed by atoms with Gasteiger partial charge in [0, 0.05) is 19.3 Å². The molecule has 7 nitrogen and oxygen atoms in total. The van der Waals surface area contributed by atoms with Gasteiger partial charge in [0.1, 0.15) is 5.56 Å². The van der Waals surface area contributed by atoms with Gasteiger partial charge in [0.2, 0.25) is 0 Å².